The lowest BCUT2D eigenvalue weighted by atomic mass is 10.0. The van der Waals surface area contributed by atoms with Crippen LogP contribution in [0.1, 0.15) is 0 Å². The zero-order valence-electron chi connectivity index (χ0n) is 6.33. The maximum absolute atomic E-state index is 3.08. The van der Waals surface area contributed by atoms with Gasteiger partial charge in [0.15, 0.2) is 12.1 Å². The van der Waals surface area contributed by atoms with Crippen molar-refractivity contribution in [2.24, 2.45) is 0 Å². The molecule has 0 N–H and O–H groups in total. The van der Waals surface area contributed by atoms with E-state index in [0.29, 0.717) is 0 Å². The summed E-state index contributed by atoms with van der Waals surface area (Å²) in [6.07, 6.45) is 9.93. The summed E-state index contributed by atoms with van der Waals surface area (Å²) in [7, 11) is 1.96. The van der Waals surface area contributed by atoms with Crippen molar-refractivity contribution in [3.8, 4) is 0 Å². The second kappa shape index (κ2) is 2.25. The van der Waals surface area contributed by atoms with Crippen molar-refractivity contribution < 1.29 is 4.58 Å². The fraction of sp³-hybridized carbons (Fsp3) is 0.100. The summed E-state index contributed by atoms with van der Waals surface area (Å²) in [5.74, 6) is 3.08. The standard InChI is InChI=1S/C10H8N/c1-11-7-6-9-4-2-3-5-10(9)8-11/h2,4-6,8H,1H3/q+1. The third-order valence-electron chi connectivity index (χ3n) is 1.69. The first-order chi connectivity index (χ1) is 5.36. The van der Waals surface area contributed by atoms with Crippen LogP contribution < -0.4 is 0 Å². The molecule has 0 aromatic heterocycles. The first kappa shape index (κ1) is 6.18. The van der Waals surface area contributed by atoms with Crippen LogP contribution in [-0.4, -0.2) is 17.5 Å². The molecule has 1 heteroatoms. The van der Waals surface area contributed by atoms with Crippen molar-refractivity contribution in [1.29, 1.82) is 0 Å². The zero-order valence-corrected chi connectivity index (χ0v) is 6.33. The van der Waals surface area contributed by atoms with Crippen molar-refractivity contribution >= 4 is 5.87 Å². The van der Waals surface area contributed by atoms with E-state index in [4.69, 9.17) is 0 Å². The quantitative estimate of drug-likeness (QED) is 0.355. The molecule has 1 nitrogen and oxygen atoms in total. The van der Waals surface area contributed by atoms with E-state index in [2.05, 4.69) is 11.6 Å². The monoisotopic (exact) mass is 142 g/mol. The maximum atomic E-state index is 3.08. The third-order valence-corrected chi connectivity index (χ3v) is 1.69. The van der Waals surface area contributed by atoms with Gasteiger partial charge in [0.1, 0.15) is 7.05 Å². The van der Waals surface area contributed by atoms with Crippen LogP contribution in [-0.2, 0) is 0 Å². The van der Waals surface area contributed by atoms with E-state index in [0.717, 1.165) is 0 Å². The van der Waals surface area contributed by atoms with Crippen LogP contribution in [0, 0.1) is 0 Å². The molecule has 0 bridgehead atoms. The molecule has 2 aliphatic rings. The second-order valence-corrected chi connectivity index (χ2v) is 2.57. The Bertz CT molecular complexity index is 379. The van der Waals surface area contributed by atoms with Gasteiger partial charge in [0.25, 0.3) is 0 Å². The normalized spacial score (nSPS) is 18.8. The van der Waals surface area contributed by atoms with Crippen LogP contribution in [0.2, 0.25) is 0 Å². The smallest absolute Gasteiger partial charge is 0.159 e. The largest absolute Gasteiger partial charge is 0.186 e. The van der Waals surface area contributed by atoms with Gasteiger partial charge >= 0.3 is 0 Å². The van der Waals surface area contributed by atoms with Crippen LogP contribution in [0.25, 0.3) is 0 Å². The summed E-state index contributed by atoms with van der Waals surface area (Å²) in [6.45, 7) is 0. The molecule has 0 saturated carbocycles. The number of rotatable bonds is 0. The Morgan fingerprint density at radius 3 is 3.09 bits per heavy atom. The molecule has 0 aromatic rings. The number of allylic oxidation sites excluding steroid dienone is 5. The Balaban J connectivity index is 2.61. The van der Waals surface area contributed by atoms with Gasteiger partial charge in [-0.2, -0.15) is 4.58 Å². The van der Waals surface area contributed by atoms with Gasteiger partial charge in [-0.25, -0.2) is 0 Å². The second-order valence-electron chi connectivity index (χ2n) is 2.57. The molecule has 0 unspecified atom stereocenters. The molecule has 0 aromatic carbocycles. The van der Waals surface area contributed by atoms with Crippen LogP contribution in [0.15, 0.2) is 47.4 Å². The summed E-state index contributed by atoms with van der Waals surface area (Å²) in [5, 5.41) is 0. The minimum absolute atomic E-state index is 1.20. The first-order valence-electron chi connectivity index (χ1n) is 3.53. The Morgan fingerprint density at radius 1 is 1.27 bits per heavy atom. The number of fused-ring (bicyclic) bond motifs is 1. The van der Waals surface area contributed by atoms with E-state index in [1.807, 2.05) is 42.1 Å². The number of nitrogens with zero attached hydrogens (tertiary/aromatic N) is 1. The Kier molecular flexibility index (Phi) is 1.26. The minimum atomic E-state index is 1.20. The predicted octanol–water partition coefficient (Wildman–Crippen LogP) is 1.40. The van der Waals surface area contributed by atoms with Gasteiger partial charge in [-0.1, -0.05) is 0 Å². The number of hydrogen-bond acceptors (Lipinski definition) is 0. The summed E-state index contributed by atoms with van der Waals surface area (Å²) in [5.41, 5.74) is 5.45. The van der Waals surface area contributed by atoms with Crippen LogP contribution in [0.3, 0.4) is 0 Å². The molecule has 2 rings (SSSR count). The lowest BCUT2D eigenvalue weighted by Crippen LogP contribution is -2.01. The summed E-state index contributed by atoms with van der Waals surface area (Å²) in [6, 6.07) is 0. The molecule has 11 heavy (non-hydrogen) atoms. The lowest BCUT2D eigenvalue weighted by Gasteiger charge is -2.02. The molecule has 0 spiro atoms. The zero-order chi connectivity index (χ0) is 7.68. The van der Waals surface area contributed by atoms with E-state index in [1.165, 1.54) is 11.1 Å². The Hall–Kier alpha value is -1.55. The fourth-order valence-electron chi connectivity index (χ4n) is 1.12. The first-order valence-corrected chi connectivity index (χ1v) is 3.53. The fourth-order valence-corrected chi connectivity index (χ4v) is 1.12. The summed E-state index contributed by atoms with van der Waals surface area (Å²) >= 11 is 0. The van der Waals surface area contributed by atoms with Gasteiger partial charge in [0.05, 0.1) is 11.6 Å². The van der Waals surface area contributed by atoms with Crippen LogP contribution in [0.5, 0.6) is 0 Å². The average molecular weight is 142 g/mol. The van der Waals surface area contributed by atoms with E-state index in [1.54, 1.807) is 0 Å². The third kappa shape index (κ3) is 1.03. The van der Waals surface area contributed by atoms with Crippen molar-refractivity contribution in [2.45, 2.75) is 0 Å². The Morgan fingerprint density at radius 2 is 2.18 bits per heavy atom. The van der Waals surface area contributed by atoms with Gasteiger partial charge in [0, 0.05) is 5.57 Å². The highest BCUT2D eigenvalue weighted by Crippen LogP contribution is 2.16. The number of hydrogen-bond donors (Lipinski definition) is 0. The molecule has 0 amide bonds. The van der Waals surface area contributed by atoms with Gasteiger partial charge in [-0.05, 0) is 18.2 Å². The molecule has 1 aliphatic carbocycles. The summed E-state index contributed by atoms with van der Waals surface area (Å²) in [4.78, 5) is 0. The highest BCUT2D eigenvalue weighted by molar-refractivity contribution is 5.63. The molecule has 0 radical (unpaired) electrons. The minimum Gasteiger partial charge on any atom is -0.159 e. The average Bonchev–Trinajstić information content (AvgIpc) is 2.04. The maximum Gasteiger partial charge on any atom is 0.186 e. The molecule has 0 fully saturated rings. The lowest BCUT2D eigenvalue weighted by molar-refractivity contribution is -0.415. The molecule has 52 valence electrons. The molecule has 0 atom stereocenters. The predicted molar refractivity (Wildman–Crippen MR) is 44.6 cm³/mol. The molecular formula is C10H8N+. The SMILES string of the molecule is C[N+]1=C=CC2=CC=C=CC2=C1. The van der Waals surface area contributed by atoms with Crippen LogP contribution >= 0.6 is 0 Å². The van der Waals surface area contributed by atoms with Gasteiger partial charge in [-0.15, -0.1) is 5.73 Å². The molecular weight excluding hydrogens is 134 g/mol. The molecule has 1 heterocycles. The van der Waals surface area contributed by atoms with E-state index >= 15 is 0 Å². The van der Waals surface area contributed by atoms with Crippen molar-refractivity contribution in [3.05, 3.63) is 47.4 Å². The highest BCUT2D eigenvalue weighted by Gasteiger charge is 2.08. The topological polar surface area (TPSA) is 3.01 Å². The van der Waals surface area contributed by atoms with Crippen molar-refractivity contribution in [3.63, 3.8) is 0 Å². The van der Waals surface area contributed by atoms with E-state index in [9.17, 15) is 0 Å². The van der Waals surface area contributed by atoms with E-state index in [-0.39, 0.29) is 0 Å². The molecule has 1 aliphatic heterocycles. The summed E-state index contributed by atoms with van der Waals surface area (Å²) < 4.78 is 1.91. The van der Waals surface area contributed by atoms with Crippen molar-refractivity contribution in [2.75, 3.05) is 7.05 Å². The van der Waals surface area contributed by atoms with Crippen molar-refractivity contribution in [1.82, 2.24) is 0 Å². The van der Waals surface area contributed by atoms with Gasteiger partial charge < -0.3 is 0 Å². The Labute approximate surface area is 65.7 Å². The van der Waals surface area contributed by atoms with E-state index < -0.39 is 0 Å². The van der Waals surface area contributed by atoms with Gasteiger partial charge in [-0.3, -0.25) is 0 Å². The molecule has 0 saturated heterocycles. The highest BCUT2D eigenvalue weighted by atomic mass is 14.9. The van der Waals surface area contributed by atoms with Gasteiger partial charge in [0.2, 0.25) is 0 Å². The van der Waals surface area contributed by atoms with Crippen LogP contribution in [0.4, 0.5) is 0 Å².